The fourth-order valence-electron chi connectivity index (χ4n) is 1.76. The Bertz CT molecular complexity index is 325. The summed E-state index contributed by atoms with van der Waals surface area (Å²) in [5, 5.41) is 3.99. The van der Waals surface area contributed by atoms with Gasteiger partial charge in [-0.1, -0.05) is 25.9 Å². The second-order valence-electron chi connectivity index (χ2n) is 4.43. The van der Waals surface area contributed by atoms with Crippen LogP contribution in [0.15, 0.2) is 4.52 Å². The minimum atomic E-state index is -0.0805. The molecule has 5 nitrogen and oxygen atoms in total. The average molecular weight is 241 g/mol. The van der Waals surface area contributed by atoms with Gasteiger partial charge in [0.1, 0.15) is 6.10 Å². The summed E-state index contributed by atoms with van der Waals surface area (Å²) in [5.74, 6) is 1.76. The lowest BCUT2D eigenvalue weighted by atomic mass is 9.96. The van der Waals surface area contributed by atoms with Gasteiger partial charge in [-0.25, -0.2) is 0 Å². The van der Waals surface area contributed by atoms with Crippen LogP contribution in [0.5, 0.6) is 0 Å². The minimum Gasteiger partial charge on any atom is -0.370 e. The van der Waals surface area contributed by atoms with E-state index in [-0.39, 0.29) is 12.0 Å². The van der Waals surface area contributed by atoms with E-state index < -0.39 is 0 Å². The average Bonchev–Trinajstić information content (AvgIpc) is 2.75. The SMILES string of the molecule is CCOC(CC)c1noc(C(CN)C(C)C)n1. The van der Waals surface area contributed by atoms with Crippen molar-refractivity contribution in [3.05, 3.63) is 11.7 Å². The van der Waals surface area contributed by atoms with E-state index in [4.69, 9.17) is 15.0 Å². The van der Waals surface area contributed by atoms with Gasteiger partial charge in [0.25, 0.3) is 0 Å². The van der Waals surface area contributed by atoms with Gasteiger partial charge in [-0.2, -0.15) is 4.98 Å². The zero-order valence-corrected chi connectivity index (χ0v) is 11.1. The molecule has 0 fully saturated rings. The molecule has 0 amide bonds. The molecule has 0 aliphatic carbocycles. The number of aromatic nitrogens is 2. The first-order chi connectivity index (χ1) is 8.13. The van der Waals surface area contributed by atoms with E-state index in [1.807, 2.05) is 13.8 Å². The lowest BCUT2D eigenvalue weighted by molar-refractivity contribution is 0.0518. The van der Waals surface area contributed by atoms with Crippen LogP contribution in [0.2, 0.25) is 0 Å². The molecule has 17 heavy (non-hydrogen) atoms. The van der Waals surface area contributed by atoms with Crippen LogP contribution < -0.4 is 5.73 Å². The van der Waals surface area contributed by atoms with Gasteiger partial charge in [0.2, 0.25) is 11.7 Å². The highest BCUT2D eigenvalue weighted by atomic mass is 16.5. The second-order valence-corrected chi connectivity index (χ2v) is 4.43. The van der Waals surface area contributed by atoms with Crippen LogP contribution in [0.25, 0.3) is 0 Å². The van der Waals surface area contributed by atoms with Crippen LogP contribution in [0.3, 0.4) is 0 Å². The van der Waals surface area contributed by atoms with Crippen LogP contribution in [-0.2, 0) is 4.74 Å². The van der Waals surface area contributed by atoms with Crippen molar-refractivity contribution in [3.8, 4) is 0 Å². The van der Waals surface area contributed by atoms with Crippen LogP contribution in [-0.4, -0.2) is 23.3 Å². The van der Waals surface area contributed by atoms with Crippen molar-refractivity contribution in [1.82, 2.24) is 10.1 Å². The largest absolute Gasteiger partial charge is 0.370 e. The number of hydrogen-bond acceptors (Lipinski definition) is 5. The van der Waals surface area contributed by atoms with Crippen LogP contribution >= 0.6 is 0 Å². The predicted molar refractivity (Wildman–Crippen MR) is 65.6 cm³/mol. The van der Waals surface area contributed by atoms with Crippen LogP contribution in [0.1, 0.15) is 57.9 Å². The molecule has 0 bridgehead atoms. The van der Waals surface area contributed by atoms with Crippen molar-refractivity contribution in [2.24, 2.45) is 11.7 Å². The zero-order valence-electron chi connectivity index (χ0n) is 11.1. The summed E-state index contributed by atoms with van der Waals surface area (Å²) in [5.41, 5.74) is 5.72. The normalized spacial score (nSPS) is 15.2. The molecule has 2 unspecified atom stereocenters. The predicted octanol–water partition coefficient (Wildman–Crippen LogP) is 2.26. The molecule has 1 rings (SSSR count). The van der Waals surface area contributed by atoms with Gasteiger partial charge in [-0.15, -0.1) is 0 Å². The standard InChI is InChI=1S/C12H23N3O2/c1-5-10(16-6-2)11-14-12(17-15-11)9(7-13)8(3)4/h8-10H,5-7,13H2,1-4H3. The summed E-state index contributed by atoms with van der Waals surface area (Å²) in [6.07, 6.45) is 0.755. The van der Waals surface area contributed by atoms with E-state index in [9.17, 15) is 0 Å². The van der Waals surface area contributed by atoms with Gasteiger partial charge in [0, 0.05) is 13.2 Å². The maximum atomic E-state index is 5.72. The van der Waals surface area contributed by atoms with Crippen molar-refractivity contribution >= 4 is 0 Å². The van der Waals surface area contributed by atoms with Crippen molar-refractivity contribution in [3.63, 3.8) is 0 Å². The Morgan fingerprint density at radius 3 is 2.53 bits per heavy atom. The number of nitrogens with two attached hydrogens (primary N) is 1. The highest BCUT2D eigenvalue weighted by Gasteiger charge is 2.23. The molecule has 0 spiro atoms. The first-order valence-electron chi connectivity index (χ1n) is 6.29. The number of nitrogens with zero attached hydrogens (tertiary/aromatic N) is 2. The lowest BCUT2D eigenvalue weighted by Crippen LogP contribution is -2.18. The first-order valence-corrected chi connectivity index (χ1v) is 6.29. The van der Waals surface area contributed by atoms with Gasteiger partial charge in [0.05, 0.1) is 5.92 Å². The summed E-state index contributed by atoms with van der Waals surface area (Å²) in [6, 6.07) is 0. The van der Waals surface area contributed by atoms with Gasteiger partial charge in [0.15, 0.2) is 0 Å². The topological polar surface area (TPSA) is 74.2 Å². The second kappa shape index (κ2) is 6.71. The van der Waals surface area contributed by atoms with Gasteiger partial charge in [-0.3, -0.25) is 0 Å². The molecule has 0 saturated carbocycles. The molecule has 1 heterocycles. The molecule has 5 heteroatoms. The summed E-state index contributed by atoms with van der Waals surface area (Å²) >= 11 is 0. The molecule has 1 aromatic heterocycles. The molecule has 98 valence electrons. The third-order valence-electron chi connectivity index (χ3n) is 2.86. The molecule has 2 atom stereocenters. The Hall–Kier alpha value is -0.940. The first kappa shape index (κ1) is 14.1. The molecular formula is C12H23N3O2. The van der Waals surface area contributed by atoms with Gasteiger partial charge < -0.3 is 15.0 Å². The van der Waals surface area contributed by atoms with E-state index in [0.29, 0.717) is 30.8 Å². The molecule has 0 saturated heterocycles. The number of ether oxygens (including phenoxy) is 1. The van der Waals surface area contributed by atoms with E-state index in [2.05, 4.69) is 24.0 Å². The molecule has 1 aromatic rings. The Kier molecular flexibility index (Phi) is 5.58. The molecule has 0 aliphatic heterocycles. The third-order valence-corrected chi connectivity index (χ3v) is 2.86. The zero-order chi connectivity index (χ0) is 12.8. The Morgan fingerprint density at radius 2 is 2.06 bits per heavy atom. The van der Waals surface area contributed by atoms with Crippen LogP contribution in [0.4, 0.5) is 0 Å². The molecule has 0 aliphatic rings. The Morgan fingerprint density at radius 1 is 1.35 bits per heavy atom. The Balaban J connectivity index is 2.82. The Labute approximate surface area is 103 Å². The fraction of sp³-hybridized carbons (Fsp3) is 0.833. The monoisotopic (exact) mass is 241 g/mol. The highest BCUT2D eigenvalue weighted by molar-refractivity contribution is 4.98. The summed E-state index contributed by atoms with van der Waals surface area (Å²) in [7, 11) is 0. The molecule has 0 aromatic carbocycles. The third kappa shape index (κ3) is 3.51. The molecular weight excluding hydrogens is 218 g/mol. The number of hydrogen-bond donors (Lipinski definition) is 1. The van der Waals surface area contributed by atoms with Crippen molar-refractivity contribution in [2.45, 2.75) is 46.1 Å². The van der Waals surface area contributed by atoms with E-state index in [0.717, 1.165) is 6.42 Å². The highest BCUT2D eigenvalue weighted by Crippen LogP contribution is 2.24. The summed E-state index contributed by atoms with van der Waals surface area (Å²) in [4.78, 5) is 4.41. The van der Waals surface area contributed by atoms with Crippen molar-refractivity contribution in [1.29, 1.82) is 0 Å². The van der Waals surface area contributed by atoms with Gasteiger partial charge in [-0.05, 0) is 19.3 Å². The minimum absolute atomic E-state index is 0.0805. The fourth-order valence-corrected chi connectivity index (χ4v) is 1.76. The molecule has 0 radical (unpaired) electrons. The van der Waals surface area contributed by atoms with Crippen molar-refractivity contribution < 1.29 is 9.26 Å². The maximum absolute atomic E-state index is 5.72. The van der Waals surface area contributed by atoms with E-state index >= 15 is 0 Å². The molecule has 2 N–H and O–H groups in total. The number of rotatable bonds is 7. The van der Waals surface area contributed by atoms with E-state index in [1.54, 1.807) is 0 Å². The summed E-state index contributed by atoms with van der Waals surface area (Å²) in [6.45, 7) is 9.36. The van der Waals surface area contributed by atoms with Gasteiger partial charge >= 0.3 is 0 Å². The van der Waals surface area contributed by atoms with Crippen molar-refractivity contribution in [2.75, 3.05) is 13.2 Å². The lowest BCUT2D eigenvalue weighted by Gasteiger charge is -2.13. The van der Waals surface area contributed by atoms with Crippen LogP contribution in [0, 0.1) is 5.92 Å². The van der Waals surface area contributed by atoms with E-state index in [1.165, 1.54) is 0 Å². The quantitative estimate of drug-likeness (QED) is 0.792. The summed E-state index contributed by atoms with van der Waals surface area (Å²) < 4.78 is 10.8. The smallest absolute Gasteiger partial charge is 0.231 e. The maximum Gasteiger partial charge on any atom is 0.231 e.